The number of carbonyl (C=O) groups is 1. The van der Waals surface area contributed by atoms with Gasteiger partial charge >= 0.3 is 5.97 Å². The van der Waals surface area contributed by atoms with E-state index >= 15 is 0 Å². The molecular weight excluding hydrogens is 274 g/mol. The number of phenolic OH excluding ortho intramolecular Hbond substituents is 1. The Labute approximate surface area is 119 Å². The highest BCUT2D eigenvalue weighted by Gasteiger charge is 2.13. The Hall–Kier alpha value is -3.09. The number of aromatic carboxylic acids is 1. The van der Waals surface area contributed by atoms with Gasteiger partial charge in [-0.15, -0.1) is 5.10 Å². The number of benzene rings is 1. The summed E-state index contributed by atoms with van der Waals surface area (Å²) in [4.78, 5) is 15.3. The number of hydrogen-bond donors (Lipinski definition) is 2. The number of aromatic hydroxyl groups is 1. The minimum Gasteiger partial charge on any atom is -0.508 e. The van der Waals surface area contributed by atoms with E-state index in [-0.39, 0.29) is 23.6 Å². The van der Waals surface area contributed by atoms with Crippen LogP contribution in [0.3, 0.4) is 0 Å². The van der Waals surface area contributed by atoms with Gasteiger partial charge in [-0.25, -0.2) is 14.3 Å². The average molecular weight is 285 g/mol. The van der Waals surface area contributed by atoms with Crippen LogP contribution in [0.5, 0.6) is 11.5 Å². The quantitative estimate of drug-likeness (QED) is 0.757. The third-order valence-electron chi connectivity index (χ3n) is 2.84. The van der Waals surface area contributed by atoms with Crippen LogP contribution < -0.4 is 4.74 Å². The van der Waals surface area contributed by atoms with Crippen molar-refractivity contribution in [3.63, 3.8) is 0 Å². The van der Waals surface area contributed by atoms with E-state index in [0.29, 0.717) is 11.6 Å². The minimum atomic E-state index is -1.06. The van der Waals surface area contributed by atoms with Crippen molar-refractivity contribution in [3.05, 3.63) is 54.0 Å². The topological polar surface area (TPSA) is 97.0 Å². The van der Waals surface area contributed by atoms with Gasteiger partial charge in [0.1, 0.15) is 23.7 Å². The molecule has 2 heterocycles. The van der Waals surface area contributed by atoms with Crippen LogP contribution in [0.2, 0.25) is 0 Å². The van der Waals surface area contributed by atoms with E-state index in [0.717, 1.165) is 0 Å². The second kappa shape index (κ2) is 5.12. The van der Waals surface area contributed by atoms with Crippen molar-refractivity contribution in [3.8, 4) is 11.5 Å². The van der Waals surface area contributed by atoms with Crippen molar-refractivity contribution in [1.29, 1.82) is 0 Å². The van der Waals surface area contributed by atoms with Gasteiger partial charge < -0.3 is 14.9 Å². The standard InChI is InChI=1S/C14H11N3O4/c18-9-3-5-10(6-4-9)21-8-12-15-13-11(14(19)20)2-1-7-17(13)16-12/h1-7,18H,8H2,(H,19,20). The first-order valence-electron chi connectivity index (χ1n) is 6.13. The molecule has 7 nitrogen and oxygen atoms in total. The van der Waals surface area contributed by atoms with E-state index in [9.17, 15) is 9.90 Å². The lowest BCUT2D eigenvalue weighted by Crippen LogP contribution is -2.00. The van der Waals surface area contributed by atoms with Crippen LogP contribution in [0.4, 0.5) is 0 Å². The summed E-state index contributed by atoms with van der Waals surface area (Å²) in [7, 11) is 0. The molecule has 0 radical (unpaired) electrons. The molecule has 0 fully saturated rings. The third kappa shape index (κ3) is 2.62. The van der Waals surface area contributed by atoms with Gasteiger partial charge in [0.2, 0.25) is 0 Å². The second-order valence-corrected chi connectivity index (χ2v) is 4.31. The summed E-state index contributed by atoms with van der Waals surface area (Å²) < 4.78 is 6.88. The molecule has 0 saturated heterocycles. The fourth-order valence-corrected chi connectivity index (χ4v) is 1.87. The molecule has 0 amide bonds. The van der Waals surface area contributed by atoms with Gasteiger partial charge in [0.15, 0.2) is 11.5 Å². The normalized spacial score (nSPS) is 10.7. The SMILES string of the molecule is O=C(O)c1cccn2nc(COc3ccc(O)cc3)nc12. The van der Waals surface area contributed by atoms with Crippen LogP contribution >= 0.6 is 0 Å². The van der Waals surface area contributed by atoms with Gasteiger partial charge in [-0.1, -0.05) is 0 Å². The molecule has 2 N–H and O–H groups in total. The highest BCUT2D eigenvalue weighted by atomic mass is 16.5. The Bertz CT molecular complexity index is 796. The number of carboxylic acids is 1. The van der Waals surface area contributed by atoms with Crippen molar-refractivity contribution in [2.75, 3.05) is 0 Å². The number of fused-ring (bicyclic) bond motifs is 1. The first-order valence-corrected chi connectivity index (χ1v) is 6.13. The maximum absolute atomic E-state index is 11.1. The van der Waals surface area contributed by atoms with E-state index < -0.39 is 5.97 Å². The maximum atomic E-state index is 11.1. The molecule has 0 bridgehead atoms. The van der Waals surface area contributed by atoms with Crippen molar-refractivity contribution >= 4 is 11.6 Å². The predicted molar refractivity (Wildman–Crippen MR) is 72.4 cm³/mol. The summed E-state index contributed by atoms with van der Waals surface area (Å²) in [5.74, 6) is 0.0280. The predicted octanol–water partition coefficient (Wildman–Crippen LogP) is 1.71. The highest BCUT2D eigenvalue weighted by Crippen LogP contribution is 2.17. The molecule has 3 aromatic rings. The van der Waals surface area contributed by atoms with Crippen molar-refractivity contribution in [1.82, 2.24) is 14.6 Å². The molecule has 7 heteroatoms. The molecule has 0 aliphatic heterocycles. The van der Waals surface area contributed by atoms with Gasteiger partial charge in [-0.2, -0.15) is 0 Å². The Balaban J connectivity index is 1.83. The van der Waals surface area contributed by atoms with Crippen LogP contribution in [0.25, 0.3) is 5.65 Å². The first-order chi connectivity index (χ1) is 10.1. The van der Waals surface area contributed by atoms with Crippen molar-refractivity contribution < 1.29 is 19.7 Å². The van der Waals surface area contributed by atoms with Gasteiger partial charge in [-0.05, 0) is 36.4 Å². The molecule has 0 unspecified atom stereocenters. The molecule has 21 heavy (non-hydrogen) atoms. The molecule has 1 aromatic carbocycles. The number of rotatable bonds is 4. The van der Waals surface area contributed by atoms with Gasteiger partial charge in [0.05, 0.1) is 0 Å². The van der Waals surface area contributed by atoms with Crippen molar-refractivity contribution in [2.45, 2.75) is 6.61 Å². The monoisotopic (exact) mass is 285 g/mol. The molecule has 3 rings (SSSR count). The molecule has 0 aliphatic carbocycles. The fraction of sp³-hybridized carbons (Fsp3) is 0.0714. The number of nitrogens with zero attached hydrogens (tertiary/aromatic N) is 3. The minimum absolute atomic E-state index is 0.0842. The molecule has 2 aromatic heterocycles. The van der Waals surface area contributed by atoms with Gasteiger partial charge in [0, 0.05) is 6.20 Å². The zero-order chi connectivity index (χ0) is 14.8. The number of hydrogen-bond acceptors (Lipinski definition) is 5. The number of carboxylic acid groups (broad SMARTS) is 1. The molecular formula is C14H11N3O4. The molecule has 0 saturated carbocycles. The summed E-state index contributed by atoms with van der Waals surface area (Å²) in [5, 5.41) is 22.4. The van der Waals surface area contributed by atoms with Crippen LogP contribution in [0.1, 0.15) is 16.2 Å². The molecule has 106 valence electrons. The number of phenols is 1. The smallest absolute Gasteiger partial charge is 0.339 e. The van der Waals surface area contributed by atoms with Crippen LogP contribution in [0, 0.1) is 0 Å². The van der Waals surface area contributed by atoms with E-state index in [2.05, 4.69) is 10.1 Å². The summed E-state index contributed by atoms with van der Waals surface area (Å²) in [6.07, 6.45) is 1.62. The first kappa shape index (κ1) is 12.9. The number of pyridine rings is 1. The van der Waals surface area contributed by atoms with Gasteiger partial charge in [0.25, 0.3) is 0 Å². The van der Waals surface area contributed by atoms with Crippen LogP contribution in [-0.2, 0) is 6.61 Å². The van der Waals surface area contributed by atoms with E-state index in [4.69, 9.17) is 9.84 Å². The largest absolute Gasteiger partial charge is 0.508 e. The number of aromatic nitrogens is 3. The zero-order valence-corrected chi connectivity index (χ0v) is 10.8. The second-order valence-electron chi connectivity index (χ2n) is 4.31. The van der Waals surface area contributed by atoms with Gasteiger partial charge in [-0.3, -0.25) is 0 Å². The van der Waals surface area contributed by atoms with E-state index in [1.807, 2.05) is 0 Å². The Morgan fingerprint density at radius 2 is 2.00 bits per heavy atom. The van der Waals surface area contributed by atoms with E-state index in [1.54, 1.807) is 24.4 Å². The lowest BCUT2D eigenvalue weighted by atomic mass is 10.3. The third-order valence-corrected chi connectivity index (χ3v) is 2.84. The average Bonchev–Trinajstić information content (AvgIpc) is 2.89. The Morgan fingerprint density at radius 1 is 1.24 bits per heavy atom. The van der Waals surface area contributed by atoms with Crippen LogP contribution in [0.15, 0.2) is 42.6 Å². The molecule has 0 spiro atoms. The summed E-state index contributed by atoms with van der Waals surface area (Å²) >= 11 is 0. The van der Waals surface area contributed by atoms with Crippen LogP contribution in [-0.4, -0.2) is 30.8 Å². The van der Waals surface area contributed by atoms with E-state index in [1.165, 1.54) is 22.7 Å². The Morgan fingerprint density at radius 3 is 2.71 bits per heavy atom. The fourth-order valence-electron chi connectivity index (χ4n) is 1.87. The Kier molecular flexibility index (Phi) is 3.15. The van der Waals surface area contributed by atoms with Crippen molar-refractivity contribution in [2.24, 2.45) is 0 Å². The lowest BCUT2D eigenvalue weighted by molar-refractivity contribution is 0.0698. The highest BCUT2D eigenvalue weighted by molar-refractivity contribution is 5.94. The summed E-state index contributed by atoms with van der Waals surface area (Å²) in [6, 6.07) is 9.32. The lowest BCUT2D eigenvalue weighted by Gasteiger charge is -2.02. The molecule has 0 atom stereocenters. The molecule has 0 aliphatic rings. The number of ether oxygens (including phenoxy) is 1. The summed E-state index contributed by atoms with van der Waals surface area (Å²) in [6.45, 7) is 0.103. The maximum Gasteiger partial charge on any atom is 0.339 e. The zero-order valence-electron chi connectivity index (χ0n) is 10.8. The summed E-state index contributed by atoms with van der Waals surface area (Å²) in [5.41, 5.74) is 0.357.